The first-order valence-electron chi connectivity index (χ1n) is 9.22. The second-order valence-corrected chi connectivity index (χ2v) is 9.28. The van der Waals surface area contributed by atoms with Crippen molar-refractivity contribution >= 4 is 43.7 Å². The summed E-state index contributed by atoms with van der Waals surface area (Å²) in [6.07, 6.45) is 4.38. The van der Waals surface area contributed by atoms with Crippen molar-refractivity contribution in [3.8, 4) is 5.75 Å². The van der Waals surface area contributed by atoms with E-state index in [2.05, 4.69) is 31.0 Å². The summed E-state index contributed by atoms with van der Waals surface area (Å²) in [5.41, 5.74) is 3.27. The number of ether oxygens (including phenoxy) is 1. The van der Waals surface area contributed by atoms with E-state index < -0.39 is 15.5 Å². The van der Waals surface area contributed by atoms with Gasteiger partial charge in [0, 0.05) is 39.2 Å². The number of rotatable bonds is 7. The minimum atomic E-state index is -2.43. The number of nitrogens with one attached hydrogen (secondary N) is 2. The highest BCUT2D eigenvalue weighted by Gasteiger charge is 2.13. The zero-order valence-electron chi connectivity index (χ0n) is 16.9. The second-order valence-electron chi connectivity index (χ2n) is 7.06. The van der Waals surface area contributed by atoms with E-state index in [1.54, 1.807) is 18.2 Å². The minimum absolute atomic E-state index is 0.120. The van der Waals surface area contributed by atoms with Gasteiger partial charge >= 0.3 is 0 Å². The van der Waals surface area contributed by atoms with Gasteiger partial charge in [-0.15, -0.1) is 0 Å². The third-order valence-corrected chi connectivity index (χ3v) is 5.00. The van der Waals surface area contributed by atoms with Gasteiger partial charge in [0.25, 0.3) is 0 Å². The van der Waals surface area contributed by atoms with Gasteiger partial charge in [-0.2, -0.15) is 0 Å². The van der Waals surface area contributed by atoms with E-state index >= 15 is 0 Å². The largest absolute Gasteiger partial charge is 0.485 e. The summed E-state index contributed by atoms with van der Waals surface area (Å²) in [4.78, 5) is 8.68. The normalized spacial score (nSPS) is 13.0. The number of hydrogen-bond donors (Lipinski definition) is 2. The van der Waals surface area contributed by atoms with Crippen LogP contribution in [0.4, 0.5) is 21.6 Å². The molecule has 160 valence electrons. The first-order valence-corrected chi connectivity index (χ1v) is 11.4. The van der Waals surface area contributed by atoms with Crippen LogP contribution < -0.4 is 14.8 Å². The van der Waals surface area contributed by atoms with Crippen molar-refractivity contribution in [3.63, 3.8) is 0 Å². The van der Waals surface area contributed by atoms with E-state index in [1.807, 2.05) is 13.0 Å². The molecule has 1 atom stereocenters. The molecule has 0 saturated heterocycles. The summed E-state index contributed by atoms with van der Waals surface area (Å²) in [7, 11) is -2.43. The Kier molecular flexibility index (Phi) is 5.47. The van der Waals surface area contributed by atoms with Crippen molar-refractivity contribution in [1.29, 1.82) is 0 Å². The molecule has 8 nitrogen and oxygen atoms in total. The summed E-state index contributed by atoms with van der Waals surface area (Å²) < 4.78 is 39.3. The number of fused-ring (bicyclic) bond motifs is 1. The Bertz CT molecular complexity index is 1340. The SMILES string of the molecule is C=S(C)(=O)Nc1cc(C)c2c(Nc3ccc(F)cc3OCc3ccon3)ncnc2c1. The maximum Gasteiger partial charge on any atom is 0.146 e. The zero-order valence-corrected chi connectivity index (χ0v) is 17.7. The highest BCUT2D eigenvalue weighted by molar-refractivity contribution is 8.00. The van der Waals surface area contributed by atoms with Crippen molar-refractivity contribution in [2.24, 2.45) is 0 Å². The van der Waals surface area contributed by atoms with E-state index in [0.29, 0.717) is 34.2 Å². The van der Waals surface area contributed by atoms with Gasteiger partial charge in [-0.25, -0.2) is 18.6 Å². The van der Waals surface area contributed by atoms with Crippen molar-refractivity contribution in [2.45, 2.75) is 13.5 Å². The summed E-state index contributed by atoms with van der Waals surface area (Å²) in [6, 6.07) is 9.47. The number of aryl methyl sites for hydroxylation is 1. The Hall–Kier alpha value is -3.66. The molecule has 10 heteroatoms. The molecule has 2 aromatic carbocycles. The number of halogens is 1. The molecule has 0 fully saturated rings. The fourth-order valence-electron chi connectivity index (χ4n) is 3.10. The van der Waals surface area contributed by atoms with Gasteiger partial charge < -0.3 is 19.3 Å². The number of anilines is 3. The first kappa shape index (κ1) is 20.6. The van der Waals surface area contributed by atoms with Crippen molar-refractivity contribution in [3.05, 3.63) is 66.1 Å². The van der Waals surface area contributed by atoms with E-state index in [-0.39, 0.29) is 6.61 Å². The van der Waals surface area contributed by atoms with Crippen LogP contribution in [0.25, 0.3) is 10.9 Å². The fraction of sp³-hybridized carbons (Fsp3) is 0.143. The smallest absolute Gasteiger partial charge is 0.146 e. The van der Waals surface area contributed by atoms with Crippen LogP contribution in [0.5, 0.6) is 5.75 Å². The number of benzene rings is 2. The monoisotopic (exact) mass is 441 g/mol. The molecule has 4 aromatic rings. The Morgan fingerprint density at radius 2 is 2.06 bits per heavy atom. The first-order chi connectivity index (χ1) is 14.8. The summed E-state index contributed by atoms with van der Waals surface area (Å²) >= 11 is 0. The third-order valence-electron chi connectivity index (χ3n) is 4.33. The minimum Gasteiger partial charge on any atom is -0.485 e. The highest BCUT2D eigenvalue weighted by Crippen LogP contribution is 2.33. The zero-order chi connectivity index (χ0) is 22.0. The molecular formula is C21H20FN5O3S. The maximum absolute atomic E-state index is 13.8. The maximum atomic E-state index is 13.8. The molecule has 4 rings (SSSR count). The van der Waals surface area contributed by atoms with Crippen molar-refractivity contribution < 1.29 is 17.9 Å². The van der Waals surface area contributed by atoms with Crippen LogP contribution in [0.3, 0.4) is 0 Å². The lowest BCUT2D eigenvalue weighted by Gasteiger charge is -2.15. The molecule has 0 saturated carbocycles. The van der Waals surface area contributed by atoms with E-state index in [0.717, 1.165) is 10.9 Å². The van der Waals surface area contributed by atoms with Gasteiger partial charge in [-0.05, 0) is 42.6 Å². The topological polar surface area (TPSA) is 102 Å². The lowest BCUT2D eigenvalue weighted by atomic mass is 10.1. The second kappa shape index (κ2) is 8.23. The van der Waals surface area contributed by atoms with Gasteiger partial charge in [-0.1, -0.05) is 5.16 Å². The van der Waals surface area contributed by atoms with Gasteiger partial charge in [0.15, 0.2) is 0 Å². The molecular weight excluding hydrogens is 421 g/mol. The predicted molar refractivity (Wildman–Crippen MR) is 120 cm³/mol. The molecule has 0 aliphatic heterocycles. The molecule has 1 unspecified atom stereocenters. The Morgan fingerprint density at radius 3 is 2.81 bits per heavy atom. The Morgan fingerprint density at radius 1 is 1.23 bits per heavy atom. The molecule has 0 aliphatic rings. The highest BCUT2D eigenvalue weighted by atomic mass is 32.2. The Balaban J connectivity index is 1.68. The van der Waals surface area contributed by atoms with Gasteiger partial charge in [-0.3, -0.25) is 0 Å². The van der Waals surface area contributed by atoms with Crippen LogP contribution >= 0.6 is 0 Å². The quantitative estimate of drug-likeness (QED) is 0.417. The molecule has 31 heavy (non-hydrogen) atoms. The molecule has 2 heterocycles. The van der Waals surface area contributed by atoms with Crippen LogP contribution in [-0.2, 0) is 16.3 Å². The van der Waals surface area contributed by atoms with E-state index in [9.17, 15) is 8.60 Å². The van der Waals surface area contributed by atoms with Gasteiger partial charge in [0.1, 0.15) is 42.3 Å². The lowest BCUT2D eigenvalue weighted by molar-refractivity contribution is 0.289. The van der Waals surface area contributed by atoms with Crippen LogP contribution in [0.1, 0.15) is 11.3 Å². The average Bonchev–Trinajstić information content (AvgIpc) is 3.20. The molecule has 2 aromatic heterocycles. The molecule has 0 amide bonds. The molecule has 2 N–H and O–H groups in total. The number of aromatic nitrogens is 3. The van der Waals surface area contributed by atoms with Crippen molar-refractivity contribution in [2.75, 3.05) is 16.3 Å². The van der Waals surface area contributed by atoms with Crippen LogP contribution in [-0.4, -0.2) is 31.5 Å². The standard InChI is InChI=1S/C21H20FN5O3S/c1-13-8-16(27-31(2,3)28)10-18-20(13)21(24-12-23-18)25-17-5-4-14(22)9-19(17)29-11-15-6-7-30-26-15/h4-10,12H,2,11H2,1,3H3,(H,27,28)(H,23,24,25). The van der Waals surface area contributed by atoms with Crippen LogP contribution in [0.2, 0.25) is 0 Å². The van der Waals surface area contributed by atoms with Gasteiger partial charge in [0.05, 0.1) is 11.2 Å². The molecule has 0 spiro atoms. The molecule has 0 bridgehead atoms. The predicted octanol–water partition coefficient (Wildman–Crippen LogP) is 4.06. The summed E-state index contributed by atoms with van der Waals surface area (Å²) in [5, 5.41) is 7.76. The Labute approximate surface area is 178 Å². The van der Waals surface area contributed by atoms with E-state index in [1.165, 1.54) is 31.0 Å². The lowest BCUT2D eigenvalue weighted by Crippen LogP contribution is -2.09. The van der Waals surface area contributed by atoms with E-state index in [4.69, 9.17) is 9.26 Å². The summed E-state index contributed by atoms with van der Waals surface area (Å²) in [5.74, 6) is 4.01. The fourth-order valence-corrected chi connectivity index (χ4v) is 3.72. The molecule has 0 aliphatic carbocycles. The number of hydrogen-bond acceptors (Lipinski definition) is 7. The van der Waals surface area contributed by atoms with Crippen LogP contribution in [0, 0.1) is 12.7 Å². The third kappa shape index (κ3) is 4.92. The van der Waals surface area contributed by atoms with Crippen molar-refractivity contribution in [1.82, 2.24) is 15.1 Å². The molecule has 0 radical (unpaired) electrons. The average molecular weight is 441 g/mol. The summed E-state index contributed by atoms with van der Waals surface area (Å²) in [6.45, 7) is 2.02. The van der Waals surface area contributed by atoms with Gasteiger partial charge in [0.2, 0.25) is 0 Å². The number of nitrogens with zero attached hydrogens (tertiary/aromatic N) is 3. The van der Waals surface area contributed by atoms with Crippen LogP contribution in [0.15, 0.2) is 53.5 Å².